The predicted octanol–water partition coefficient (Wildman–Crippen LogP) is 1.73. The largest absolute Gasteiger partial charge is 0.384 e. The molecule has 0 saturated carbocycles. The summed E-state index contributed by atoms with van der Waals surface area (Å²) in [6.07, 6.45) is 2.61. The van der Waals surface area contributed by atoms with E-state index in [9.17, 15) is 0 Å². The second-order valence-electron chi connectivity index (χ2n) is 2.96. The Morgan fingerprint density at radius 2 is 2.43 bits per heavy atom. The minimum Gasteiger partial charge on any atom is -0.384 e. The molecule has 0 aromatic carbocycles. The van der Waals surface area contributed by atoms with Crippen molar-refractivity contribution in [3.8, 4) is 6.07 Å². The molecule has 3 nitrogen and oxygen atoms in total. The van der Waals surface area contributed by atoms with Gasteiger partial charge < -0.3 is 9.30 Å². The summed E-state index contributed by atoms with van der Waals surface area (Å²) in [6.45, 7) is 5.02. The smallest absolute Gasteiger partial charge is 0.120 e. The molecule has 0 unspecified atom stereocenters. The van der Waals surface area contributed by atoms with Crippen LogP contribution in [-0.2, 0) is 17.7 Å². The minimum atomic E-state index is 0.673. The fourth-order valence-electron chi connectivity index (χ4n) is 1.38. The van der Waals surface area contributed by atoms with Crippen molar-refractivity contribution in [1.29, 1.82) is 5.26 Å². The Morgan fingerprint density at radius 1 is 1.64 bits per heavy atom. The third-order valence-corrected chi connectivity index (χ3v) is 2.06. The number of methoxy groups -OCH3 is 1. The van der Waals surface area contributed by atoms with Crippen molar-refractivity contribution in [2.45, 2.75) is 13.0 Å². The number of hydrogen-bond acceptors (Lipinski definition) is 2. The van der Waals surface area contributed by atoms with Crippen molar-refractivity contribution in [3.63, 3.8) is 0 Å². The van der Waals surface area contributed by atoms with Crippen molar-refractivity contribution in [1.82, 2.24) is 4.57 Å². The van der Waals surface area contributed by atoms with Gasteiger partial charge in [-0.15, -0.1) is 6.58 Å². The van der Waals surface area contributed by atoms with Crippen molar-refractivity contribution < 1.29 is 4.74 Å². The van der Waals surface area contributed by atoms with Crippen LogP contribution in [-0.4, -0.2) is 18.3 Å². The van der Waals surface area contributed by atoms with Crippen LogP contribution in [0.3, 0.4) is 0 Å². The lowest BCUT2D eigenvalue weighted by molar-refractivity contribution is 0.200. The van der Waals surface area contributed by atoms with Crippen LogP contribution in [0.4, 0.5) is 0 Å². The van der Waals surface area contributed by atoms with Crippen molar-refractivity contribution >= 4 is 0 Å². The van der Waals surface area contributed by atoms with Gasteiger partial charge in [0.15, 0.2) is 0 Å². The molecule has 0 radical (unpaired) electrons. The number of nitriles is 1. The summed E-state index contributed by atoms with van der Waals surface area (Å²) in [6, 6.07) is 5.94. The first kappa shape index (κ1) is 10.6. The van der Waals surface area contributed by atoms with E-state index in [1.807, 2.05) is 16.7 Å². The normalized spacial score (nSPS) is 9.71. The number of rotatable bonds is 5. The molecule has 0 aliphatic carbocycles. The molecule has 0 amide bonds. The van der Waals surface area contributed by atoms with Crippen LogP contribution in [0.15, 0.2) is 24.8 Å². The minimum absolute atomic E-state index is 0.673. The maximum absolute atomic E-state index is 8.85. The molecule has 0 atom stereocenters. The van der Waals surface area contributed by atoms with Crippen LogP contribution in [0.1, 0.15) is 11.4 Å². The molecular formula is C11H14N2O. The second kappa shape index (κ2) is 5.25. The molecule has 1 heterocycles. The number of ether oxygens (including phenoxy) is 1. The number of allylic oxidation sites excluding steroid dienone is 1. The molecule has 0 bridgehead atoms. The predicted molar refractivity (Wildman–Crippen MR) is 54.9 cm³/mol. The van der Waals surface area contributed by atoms with Gasteiger partial charge in [0.25, 0.3) is 0 Å². The Bertz CT molecular complexity index is 347. The molecule has 1 rings (SSSR count). The van der Waals surface area contributed by atoms with E-state index in [4.69, 9.17) is 10.00 Å². The maximum Gasteiger partial charge on any atom is 0.120 e. The molecule has 0 aliphatic heterocycles. The fourth-order valence-corrected chi connectivity index (χ4v) is 1.38. The molecule has 0 fully saturated rings. The lowest BCUT2D eigenvalue weighted by atomic mass is 10.3. The van der Waals surface area contributed by atoms with Crippen LogP contribution in [0.2, 0.25) is 0 Å². The molecule has 0 aliphatic rings. The van der Waals surface area contributed by atoms with Gasteiger partial charge in [0.1, 0.15) is 11.8 Å². The summed E-state index contributed by atoms with van der Waals surface area (Å²) in [5.41, 5.74) is 1.79. The third kappa shape index (κ3) is 2.24. The highest BCUT2D eigenvalue weighted by Gasteiger charge is 2.05. The molecule has 1 aromatic heterocycles. The average Bonchev–Trinajstić information content (AvgIpc) is 2.58. The van der Waals surface area contributed by atoms with Gasteiger partial charge in [-0.25, -0.2) is 0 Å². The standard InChI is InChI=1S/C11H14N2O/c1-3-7-13-10(6-8-14-2)4-5-11(13)9-12/h3-5H,1,6-8H2,2H3. The van der Waals surface area contributed by atoms with Gasteiger partial charge in [0.2, 0.25) is 0 Å². The summed E-state index contributed by atoms with van der Waals surface area (Å²) in [7, 11) is 1.67. The first-order valence-electron chi connectivity index (χ1n) is 4.51. The topological polar surface area (TPSA) is 38.0 Å². The summed E-state index contributed by atoms with van der Waals surface area (Å²) in [5, 5.41) is 8.85. The molecule has 0 spiro atoms. The second-order valence-corrected chi connectivity index (χ2v) is 2.96. The zero-order valence-electron chi connectivity index (χ0n) is 8.36. The summed E-state index contributed by atoms with van der Waals surface area (Å²) in [5.74, 6) is 0. The Labute approximate surface area is 84.2 Å². The van der Waals surface area contributed by atoms with Crippen molar-refractivity contribution in [2.24, 2.45) is 0 Å². The zero-order valence-corrected chi connectivity index (χ0v) is 8.36. The lowest BCUT2D eigenvalue weighted by Crippen LogP contribution is -2.06. The zero-order chi connectivity index (χ0) is 10.4. The van der Waals surface area contributed by atoms with E-state index in [-0.39, 0.29) is 0 Å². The number of hydrogen-bond donors (Lipinski definition) is 0. The van der Waals surface area contributed by atoms with E-state index in [1.165, 1.54) is 0 Å². The molecular weight excluding hydrogens is 176 g/mol. The number of nitrogens with zero attached hydrogens (tertiary/aromatic N) is 2. The van der Waals surface area contributed by atoms with Crippen LogP contribution in [0.25, 0.3) is 0 Å². The molecule has 14 heavy (non-hydrogen) atoms. The highest BCUT2D eigenvalue weighted by atomic mass is 16.5. The Morgan fingerprint density at radius 3 is 3.00 bits per heavy atom. The van der Waals surface area contributed by atoms with Crippen molar-refractivity contribution in [3.05, 3.63) is 36.2 Å². The SMILES string of the molecule is C=CCn1c(C#N)ccc1CCOC. The Hall–Kier alpha value is -1.53. The highest BCUT2D eigenvalue weighted by Crippen LogP contribution is 2.09. The molecule has 0 N–H and O–H groups in total. The van der Waals surface area contributed by atoms with Gasteiger partial charge in [-0.2, -0.15) is 5.26 Å². The van der Waals surface area contributed by atoms with E-state index in [0.717, 1.165) is 12.1 Å². The van der Waals surface area contributed by atoms with E-state index in [1.54, 1.807) is 13.2 Å². The van der Waals surface area contributed by atoms with Crippen molar-refractivity contribution in [2.75, 3.05) is 13.7 Å². The summed E-state index contributed by atoms with van der Waals surface area (Å²) in [4.78, 5) is 0. The van der Waals surface area contributed by atoms with Gasteiger partial charge in [-0.1, -0.05) is 6.08 Å². The van der Waals surface area contributed by atoms with Gasteiger partial charge >= 0.3 is 0 Å². The van der Waals surface area contributed by atoms with Gasteiger partial charge in [0.05, 0.1) is 6.61 Å². The average molecular weight is 190 g/mol. The lowest BCUT2D eigenvalue weighted by Gasteiger charge is -2.06. The van der Waals surface area contributed by atoms with Gasteiger partial charge in [-0.3, -0.25) is 0 Å². The molecule has 0 saturated heterocycles. The van der Waals surface area contributed by atoms with Gasteiger partial charge in [-0.05, 0) is 12.1 Å². The van der Waals surface area contributed by atoms with Crippen LogP contribution in [0, 0.1) is 11.3 Å². The molecule has 74 valence electrons. The van der Waals surface area contributed by atoms with Crippen LogP contribution < -0.4 is 0 Å². The first-order valence-corrected chi connectivity index (χ1v) is 4.51. The summed E-state index contributed by atoms with van der Waals surface area (Å²) >= 11 is 0. The van der Waals surface area contributed by atoms with E-state index >= 15 is 0 Å². The Kier molecular flexibility index (Phi) is 3.96. The van der Waals surface area contributed by atoms with Gasteiger partial charge in [0, 0.05) is 25.8 Å². The maximum atomic E-state index is 8.85. The third-order valence-electron chi connectivity index (χ3n) is 2.06. The molecule has 1 aromatic rings. The highest BCUT2D eigenvalue weighted by molar-refractivity contribution is 5.27. The molecule has 3 heteroatoms. The summed E-state index contributed by atoms with van der Waals surface area (Å²) < 4.78 is 6.95. The number of aromatic nitrogens is 1. The van der Waals surface area contributed by atoms with E-state index in [0.29, 0.717) is 18.8 Å². The Balaban J connectivity index is 2.87. The van der Waals surface area contributed by atoms with E-state index < -0.39 is 0 Å². The fraction of sp³-hybridized carbons (Fsp3) is 0.364. The first-order chi connectivity index (χ1) is 6.83. The van der Waals surface area contributed by atoms with Crippen LogP contribution >= 0.6 is 0 Å². The quantitative estimate of drug-likeness (QED) is 0.663. The van der Waals surface area contributed by atoms with Crippen LogP contribution in [0.5, 0.6) is 0 Å². The van der Waals surface area contributed by atoms with E-state index in [2.05, 4.69) is 12.6 Å². The monoisotopic (exact) mass is 190 g/mol.